The molecule has 0 saturated carbocycles. The minimum atomic E-state index is -0.357. The van der Waals surface area contributed by atoms with Crippen LogP contribution < -0.4 is 4.90 Å². The summed E-state index contributed by atoms with van der Waals surface area (Å²) in [6.45, 7) is 8.85. The molecule has 34 heavy (non-hydrogen) atoms. The van der Waals surface area contributed by atoms with E-state index in [2.05, 4.69) is 46.0 Å². The van der Waals surface area contributed by atoms with E-state index in [1.165, 1.54) is 28.7 Å². The zero-order chi connectivity index (χ0) is 23.9. The fraction of sp³-hybridized carbons (Fsp3) is 0.320. The molecule has 0 spiro atoms. The molecule has 9 heteroatoms. The molecule has 0 bridgehead atoms. The van der Waals surface area contributed by atoms with Gasteiger partial charge >= 0.3 is 0 Å². The van der Waals surface area contributed by atoms with E-state index >= 15 is 0 Å². The third-order valence-corrected chi connectivity index (χ3v) is 6.14. The highest BCUT2D eigenvalue weighted by atomic mass is 19.1. The molecule has 3 heterocycles. The fourth-order valence-electron chi connectivity index (χ4n) is 4.17. The summed E-state index contributed by atoms with van der Waals surface area (Å²) in [5.41, 5.74) is 3.54. The third-order valence-electron chi connectivity index (χ3n) is 6.14. The van der Waals surface area contributed by atoms with Crippen LogP contribution in [0.25, 0.3) is 16.9 Å². The van der Waals surface area contributed by atoms with Crippen LogP contribution >= 0.6 is 0 Å². The first kappa shape index (κ1) is 21.9. The van der Waals surface area contributed by atoms with Gasteiger partial charge in [-0.1, -0.05) is 44.2 Å². The normalized spacial score (nSPS) is 14.6. The Labute approximate surface area is 197 Å². The fourth-order valence-corrected chi connectivity index (χ4v) is 4.17. The smallest absolute Gasteiger partial charge is 0.253 e. The molecule has 0 radical (unpaired) electrons. The summed E-state index contributed by atoms with van der Waals surface area (Å²) in [7, 11) is 0. The number of hydrogen-bond acceptors (Lipinski definition) is 6. The Bertz CT molecular complexity index is 1340. The lowest BCUT2D eigenvalue weighted by Crippen LogP contribution is -2.49. The number of carbonyl (C=O) groups is 1. The van der Waals surface area contributed by atoms with E-state index in [0.29, 0.717) is 54.4 Å². The summed E-state index contributed by atoms with van der Waals surface area (Å²) < 4.78 is 15.2. The number of halogens is 1. The average molecular weight is 460 g/mol. The van der Waals surface area contributed by atoms with Gasteiger partial charge in [0, 0.05) is 31.7 Å². The second-order valence-electron chi connectivity index (χ2n) is 9.46. The molecule has 2 aromatic heterocycles. The van der Waals surface area contributed by atoms with Crippen molar-refractivity contribution >= 4 is 22.9 Å². The first-order valence-electron chi connectivity index (χ1n) is 11.3. The quantitative estimate of drug-likeness (QED) is 0.466. The molecular weight excluding hydrogens is 433 g/mol. The van der Waals surface area contributed by atoms with Crippen molar-refractivity contribution in [2.45, 2.75) is 26.2 Å². The third kappa shape index (κ3) is 4.09. The van der Waals surface area contributed by atoms with Gasteiger partial charge < -0.3 is 9.80 Å². The monoisotopic (exact) mass is 459 g/mol. The summed E-state index contributed by atoms with van der Waals surface area (Å²) in [5, 5.41) is 8.45. The Hall–Kier alpha value is -3.88. The summed E-state index contributed by atoms with van der Waals surface area (Å²) >= 11 is 0. The van der Waals surface area contributed by atoms with Crippen LogP contribution in [0, 0.1) is 5.82 Å². The Balaban J connectivity index is 1.32. The maximum Gasteiger partial charge on any atom is 0.253 e. The number of anilines is 1. The second kappa shape index (κ2) is 8.48. The van der Waals surface area contributed by atoms with Crippen molar-refractivity contribution in [3.63, 3.8) is 0 Å². The van der Waals surface area contributed by atoms with Crippen molar-refractivity contribution in [2.75, 3.05) is 31.1 Å². The van der Waals surface area contributed by atoms with Gasteiger partial charge in [0.05, 0.1) is 5.69 Å². The SMILES string of the molecule is CC(C)(C)c1ccc(C(=O)N2CCN(c3ncnc4c3nnn4-c3cccc(F)c3)CC2)cc1. The number of amides is 1. The predicted octanol–water partition coefficient (Wildman–Crippen LogP) is 3.61. The standard InChI is InChI=1S/C25H26FN7O/c1-25(2,3)18-9-7-17(8-10-18)24(34)32-13-11-31(12-14-32)22-21-23(28-16-27-22)33(30-29-21)20-6-4-5-19(26)15-20/h4-10,15-16H,11-14H2,1-3H3. The van der Waals surface area contributed by atoms with E-state index < -0.39 is 0 Å². The summed E-state index contributed by atoms with van der Waals surface area (Å²) in [6, 6.07) is 14.0. The molecule has 1 fully saturated rings. The van der Waals surface area contributed by atoms with Gasteiger partial charge in [-0.25, -0.2) is 14.4 Å². The van der Waals surface area contributed by atoms with E-state index in [4.69, 9.17) is 0 Å². The van der Waals surface area contributed by atoms with Gasteiger partial charge in [0.2, 0.25) is 0 Å². The molecule has 0 aliphatic carbocycles. The molecule has 1 aliphatic rings. The summed E-state index contributed by atoms with van der Waals surface area (Å²) in [6.07, 6.45) is 1.46. The van der Waals surface area contributed by atoms with Crippen molar-refractivity contribution in [3.05, 3.63) is 71.8 Å². The highest BCUT2D eigenvalue weighted by Crippen LogP contribution is 2.25. The van der Waals surface area contributed by atoms with Crippen LogP contribution in [0.2, 0.25) is 0 Å². The lowest BCUT2D eigenvalue weighted by Gasteiger charge is -2.35. The molecular formula is C25H26FN7O. The van der Waals surface area contributed by atoms with Crippen LogP contribution in [0.15, 0.2) is 54.9 Å². The number of piperazine rings is 1. The highest BCUT2D eigenvalue weighted by molar-refractivity contribution is 5.94. The average Bonchev–Trinajstić information content (AvgIpc) is 3.28. The lowest BCUT2D eigenvalue weighted by molar-refractivity contribution is 0.0746. The Morgan fingerprint density at radius 2 is 1.71 bits per heavy atom. The number of rotatable bonds is 3. The van der Waals surface area contributed by atoms with Gasteiger partial charge in [-0.05, 0) is 41.3 Å². The molecule has 5 rings (SSSR count). The van der Waals surface area contributed by atoms with Crippen molar-refractivity contribution in [3.8, 4) is 5.69 Å². The van der Waals surface area contributed by atoms with Crippen LogP contribution in [0.1, 0.15) is 36.7 Å². The minimum absolute atomic E-state index is 0.0324. The number of carbonyl (C=O) groups excluding carboxylic acids is 1. The van der Waals surface area contributed by atoms with Crippen molar-refractivity contribution in [1.82, 2.24) is 29.9 Å². The maximum absolute atomic E-state index is 13.7. The molecule has 0 atom stereocenters. The van der Waals surface area contributed by atoms with E-state index in [1.807, 2.05) is 29.2 Å². The molecule has 4 aromatic rings. The molecule has 174 valence electrons. The van der Waals surface area contributed by atoms with E-state index in [9.17, 15) is 9.18 Å². The van der Waals surface area contributed by atoms with E-state index in [1.54, 1.807) is 12.1 Å². The van der Waals surface area contributed by atoms with Gasteiger partial charge in [0.15, 0.2) is 17.0 Å². The zero-order valence-corrected chi connectivity index (χ0v) is 19.4. The van der Waals surface area contributed by atoms with E-state index in [-0.39, 0.29) is 17.1 Å². The van der Waals surface area contributed by atoms with Crippen molar-refractivity contribution in [1.29, 1.82) is 0 Å². The summed E-state index contributed by atoms with van der Waals surface area (Å²) in [4.78, 5) is 25.7. The highest BCUT2D eigenvalue weighted by Gasteiger charge is 2.26. The first-order valence-corrected chi connectivity index (χ1v) is 11.3. The molecule has 8 nitrogen and oxygen atoms in total. The Morgan fingerprint density at radius 3 is 2.38 bits per heavy atom. The van der Waals surface area contributed by atoms with Crippen molar-refractivity contribution in [2.24, 2.45) is 0 Å². The first-order chi connectivity index (χ1) is 16.3. The molecule has 0 N–H and O–H groups in total. The maximum atomic E-state index is 13.7. The van der Waals surface area contributed by atoms with Crippen LogP contribution in [0.5, 0.6) is 0 Å². The molecule has 2 aromatic carbocycles. The lowest BCUT2D eigenvalue weighted by atomic mass is 9.86. The van der Waals surface area contributed by atoms with Crippen LogP contribution in [-0.2, 0) is 5.41 Å². The van der Waals surface area contributed by atoms with Gasteiger partial charge in [-0.15, -0.1) is 5.10 Å². The number of aromatic nitrogens is 5. The molecule has 1 amide bonds. The minimum Gasteiger partial charge on any atom is -0.351 e. The number of fused-ring (bicyclic) bond motifs is 1. The number of benzene rings is 2. The van der Waals surface area contributed by atoms with Crippen LogP contribution in [0.4, 0.5) is 10.2 Å². The second-order valence-corrected chi connectivity index (χ2v) is 9.46. The zero-order valence-electron chi connectivity index (χ0n) is 19.4. The molecule has 1 aliphatic heterocycles. The topological polar surface area (TPSA) is 80.0 Å². The van der Waals surface area contributed by atoms with Gasteiger partial charge in [0.25, 0.3) is 5.91 Å². The largest absolute Gasteiger partial charge is 0.351 e. The van der Waals surface area contributed by atoms with Crippen LogP contribution in [-0.4, -0.2) is 61.9 Å². The number of nitrogens with zero attached hydrogens (tertiary/aromatic N) is 7. The Kier molecular flexibility index (Phi) is 5.47. The van der Waals surface area contributed by atoms with Gasteiger partial charge in [0.1, 0.15) is 12.1 Å². The number of hydrogen-bond donors (Lipinski definition) is 0. The molecule has 1 saturated heterocycles. The molecule has 0 unspecified atom stereocenters. The van der Waals surface area contributed by atoms with Gasteiger partial charge in [-0.2, -0.15) is 4.68 Å². The predicted molar refractivity (Wildman–Crippen MR) is 128 cm³/mol. The van der Waals surface area contributed by atoms with Crippen molar-refractivity contribution < 1.29 is 9.18 Å². The van der Waals surface area contributed by atoms with E-state index in [0.717, 1.165) is 0 Å². The summed E-state index contributed by atoms with van der Waals surface area (Å²) in [5.74, 6) is 0.337. The Morgan fingerprint density at radius 1 is 0.971 bits per heavy atom. The van der Waals surface area contributed by atoms with Gasteiger partial charge in [-0.3, -0.25) is 4.79 Å². The van der Waals surface area contributed by atoms with Crippen LogP contribution in [0.3, 0.4) is 0 Å².